The summed E-state index contributed by atoms with van der Waals surface area (Å²) >= 11 is 0. The molecule has 3 N–H and O–H groups in total. The first kappa shape index (κ1) is 16.5. The number of phenolic OH excluding ortho intramolecular Hbond substituents is 1. The second-order valence-corrected chi connectivity index (χ2v) is 5.87. The number of nitrogens with one attached hydrogen (secondary N) is 2. The van der Waals surface area contributed by atoms with Gasteiger partial charge in [0.1, 0.15) is 5.69 Å². The molecule has 0 atom stereocenters. The van der Waals surface area contributed by atoms with E-state index >= 15 is 0 Å². The van der Waals surface area contributed by atoms with Gasteiger partial charge in [0.2, 0.25) is 5.95 Å². The van der Waals surface area contributed by atoms with Crippen molar-refractivity contribution in [3.05, 3.63) is 39.8 Å². The Morgan fingerprint density at radius 2 is 2.09 bits per heavy atom. The minimum Gasteiger partial charge on any atom is -0.504 e. The molecule has 0 fully saturated rings. The normalized spacial score (nSPS) is 11.7. The van der Waals surface area contributed by atoms with Crippen LogP contribution in [0, 0.1) is 0 Å². The van der Waals surface area contributed by atoms with Crippen molar-refractivity contribution in [1.82, 2.24) is 15.2 Å². The molecule has 0 saturated heterocycles. The molecule has 0 radical (unpaired) electrons. The van der Waals surface area contributed by atoms with E-state index in [2.05, 4.69) is 25.7 Å². The number of rotatable bonds is 4. The summed E-state index contributed by atoms with van der Waals surface area (Å²) in [7, 11) is 1.46. The molecule has 2 rings (SSSR count). The predicted octanol–water partition coefficient (Wildman–Crippen LogP) is 1.62. The van der Waals surface area contributed by atoms with Gasteiger partial charge in [-0.1, -0.05) is 26.8 Å². The summed E-state index contributed by atoms with van der Waals surface area (Å²) in [5.74, 6) is 0.432. The number of hydrogen-bond acceptors (Lipinski definition) is 7. The minimum atomic E-state index is -0.394. The van der Waals surface area contributed by atoms with Crippen LogP contribution in [-0.2, 0) is 5.41 Å². The lowest BCUT2D eigenvalue weighted by Gasteiger charge is -2.15. The average molecular weight is 317 g/mol. The molecule has 0 aliphatic rings. The van der Waals surface area contributed by atoms with E-state index in [-0.39, 0.29) is 17.3 Å². The maximum Gasteiger partial charge on any atom is 0.274 e. The predicted molar refractivity (Wildman–Crippen MR) is 87.2 cm³/mol. The third-order valence-corrected chi connectivity index (χ3v) is 3.03. The van der Waals surface area contributed by atoms with Crippen molar-refractivity contribution in [2.45, 2.75) is 26.2 Å². The highest BCUT2D eigenvalue weighted by molar-refractivity contribution is 5.85. The highest BCUT2D eigenvalue weighted by atomic mass is 16.5. The number of methoxy groups -OCH3 is 1. The molecule has 1 heterocycles. The van der Waals surface area contributed by atoms with E-state index in [1.54, 1.807) is 18.2 Å². The molecule has 0 bridgehead atoms. The Labute approximate surface area is 133 Å². The Morgan fingerprint density at radius 1 is 1.35 bits per heavy atom. The summed E-state index contributed by atoms with van der Waals surface area (Å²) in [4.78, 5) is 14.5. The molecule has 1 aromatic carbocycles. The van der Waals surface area contributed by atoms with Gasteiger partial charge in [-0.25, -0.2) is 5.43 Å². The van der Waals surface area contributed by atoms with E-state index in [0.29, 0.717) is 17.0 Å². The molecule has 1 aromatic heterocycles. The fraction of sp³-hybridized carbons (Fsp3) is 0.333. The SMILES string of the molecule is COc1cccc(/C=N\Nc2nnc(C(C)(C)C)c(=O)[nH]2)c1O. The number of anilines is 1. The van der Waals surface area contributed by atoms with Gasteiger partial charge in [0.25, 0.3) is 5.56 Å². The van der Waals surface area contributed by atoms with Crippen LogP contribution in [0.5, 0.6) is 11.5 Å². The third-order valence-electron chi connectivity index (χ3n) is 3.03. The largest absolute Gasteiger partial charge is 0.504 e. The zero-order chi connectivity index (χ0) is 17.0. The summed E-state index contributed by atoms with van der Waals surface area (Å²) < 4.78 is 5.01. The number of aromatic hydroxyl groups is 1. The van der Waals surface area contributed by atoms with Crippen molar-refractivity contribution in [3.8, 4) is 11.5 Å². The van der Waals surface area contributed by atoms with Gasteiger partial charge < -0.3 is 9.84 Å². The smallest absolute Gasteiger partial charge is 0.274 e. The zero-order valence-electron chi connectivity index (χ0n) is 13.4. The zero-order valence-corrected chi connectivity index (χ0v) is 13.4. The fourth-order valence-electron chi connectivity index (χ4n) is 1.85. The van der Waals surface area contributed by atoms with E-state index in [1.807, 2.05) is 20.8 Å². The fourth-order valence-corrected chi connectivity index (χ4v) is 1.85. The monoisotopic (exact) mass is 317 g/mol. The van der Waals surface area contributed by atoms with Crippen LogP contribution in [0.3, 0.4) is 0 Å². The number of hydrogen-bond donors (Lipinski definition) is 3. The number of H-pyrrole nitrogens is 1. The summed E-state index contributed by atoms with van der Waals surface area (Å²) in [6.07, 6.45) is 1.38. The van der Waals surface area contributed by atoms with Gasteiger partial charge >= 0.3 is 0 Å². The molecular formula is C15H19N5O3. The van der Waals surface area contributed by atoms with Crippen molar-refractivity contribution in [3.63, 3.8) is 0 Å². The average Bonchev–Trinajstić information content (AvgIpc) is 2.48. The minimum absolute atomic E-state index is 0.0248. The molecule has 8 nitrogen and oxygen atoms in total. The number of aromatic amines is 1. The molecule has 0 unspecified atom stereocenters. The first-order valence-electron chi connectivity index (χ1n) is 6.95. The number of aromatic nitrogens is 3. The molecule has 2 aromatic rings. The summed E-state index contributed by atoms with van der Waals surface area (Å²) in [6.45, 7) is 5.63. The second kappa shape index (κ2) is 6.47. The number of phenols is 1. The van der Waals surface area contributed by atoms with Crippen molar-refractivity contribution >= 4 is 12.2 Å². The highest BCUT2D eigenvalue weighted by Gasteiger charge is 2.20. The van der Waals surface area contributed by atoms with Crippen LogP contribution in [0.2, 0.25) is 0 Å². The van der Waals surface area contributed by atoms with Crippen LogP contribution in [-0.4, -0.2) is 33.6 Å². The first-order valence-corrected chi connectivity index (χ1v) is 6.95. The van der Waals surface area contributed by atoms with Crippen LogP contribution in [0.4, 0.5) is 5.95 Å². The van der Waals surface area contributed by atoms with E-state index in [0.717, 1.165) is 0 Å². The molecular weight excluding hydrogens is 298 g/mol. The Kier molecular flexibility index (Phi) is 4.63. The lowest BCUT2D eigenvalue weighted by molar-refractivity contribution is 0.373. The Balaban J connectivity index is 2.16. The van der Waals surface area contributed by atoms with Crippen molar-refractivity contribution in [2.75, 3.05) is 12.5 Å². The Bertz CT molecular complexity index is 777. The van der Waals surface area contributed by atoms with Crippen LogP contribution >= 0.6 is 0 Å². The maximum absolute atomic E-state index is 12.0. The van der Waals surface area contributed by atoms with Gasteiger partial charge in [0.05, 0.1) is 13.3 Å². The Morgan fingerprint density at radius 3 is 2.70 bits per heavy atom. The molecule has 0 aliphatic heterocycles. The van der Waals surface area contributed by atoms with Gasteiger partial charge in [-0.2, -0.15) is 5.10 Å². The second-order valence-electron chi connectivity index (χ2n) is 5.87. The lowest BCUT2D eigenvalue weighted by Crippen LogP contribution is -2.28. The number of hydrazone groups is 1. The lowest BCUT2D eigenvalue weighted by atomic mass is 9.93. The summed E-state index contributed by atoms with van der Waals surface area (Å²) in [5, 5.41) is 21.6. The Hall–Kier alpha value is -2.90. The van der Waals surface area contributed by atoms with Crippen LogP contribution in [0.25, 0.3) is 0 Å². The van der Waals surface area contributed by atoms with Crippen molar-refractivity contribution < 1.29 is 9.84 Å². The van der Waals surface area contributed by atoms with Crippen LogP contribution in [0.15, 0.2) is 28.1 Å². The standard InChI is InChI=1S/C15H19N5O3/c1-15(2,3)12-13(22)17-14(20-18-12)19-16-8-9-6-5-7-10(23-4)11(9)21/h5-8,21H,1-4H3,(H2,17,19,20,22)/b16-8-. The van der Waals surface area contributed by atoms with E-state index in [9.17, 15) is 9.90 Å². The number of ether oxygens (including phenoxy) is 1. The van der Waals surface area contributed by atoms with Gasteiger partial charge in [-0.3, -0.25) is 9.78 Å². The first-order chi connectivity index (χ1) is 10.8. The van der Waals surface area contributed by atoms with E-state index in [4.69, 9.17) is 4.74 Å². The quantitative estimate of drug-likeness (QED) is 0.583. The molecule has 0 aliphatic carbocycles. The highest BCUT2D eigenvalue weighted by Crippen LogP contribution is 2.27. The molecule has 23 heavy (non-hydrogen) atoms. The number of benzene rings is 1. The van der Waals surface area contributed by atoms with E-state index in [1.165, 1.54) is 13.3 Å². The molecule has 0 spiro atoms. The van der Waals surface area contributed by atoms with Crippen LogP contribution < -0.4 is 15.7 Å². The number of nitrogens with zero attached hydrogens (tertiary/aromatic N) is 3. The molecule has 0 saturated carbocycles. The van der Waals surface area contributed by atoms with Crippen molar-refractivity contribution in [2.24, 2.45) is 5.10 Å². The van der Waals surface area contributed by atoms with E-state index < -0.39 is 5.41 Å². The van der Waals surface area contributed by atoms with Gasteiger partial charge in [-0.05, 0) is 12.1 Å². The summed E-state index contributed by atoms with van der Waals surface area (Å²) in [5.41, 5.74) is 2.65. The molecule has 122 valence electrons. The summed E-state index contributed by atoms with van der Waals surface area (Å²) in [6, 6.07) is 5.02. The van der Waals surface area contributed by atoms with Gasteiger partial charge in [0, 0.05) is 11.0 Å². The topological polar surface area (TPSA) is 112 Å². The number of para-hydroxylation sites is 1. The molecule has 0 amide bonds. The van der Waals surface area contributed by atoms with Gasteiger partial charge in [-0.15, -0.1) is 10.2 Å². The van der Waals surface area contributed by atoms with Gasteiger partial charge in [0.15, 0.2) is 11.5 Å². The third kappa shape index (κ3) is 3.85. The van der Waals surface area contributed by atoms with Crippen LogP contribution in [0.1, 0.15) is 32.0 Å². The maximum atomic E-state index is 12.0. The van der Waals surface area contributed by atoms with Crippen molar-refractivity contribution in [1.29, 1.82) is 0 Å². The molecule has 8 heteroatoms.